The van der Waals surface area contributed by atoms with Crippen molar-refractivity contribution in [2.24, 2.45) is 0 Å². The molecular formula is C19H23N5O. The molecule has 0 unspecified atom stereocenters. The Morgan fingerprint density at radius 2 is 1.88 bits per heavy atom. The van der Waals surface area contributed by atoms with Crippen LogP contribution in [-0.4, -0.2) is 40.5 Å². The summed E-state index contributed by atoms with van der Waals surface area (Å²) in [4.78, 5) is 26.1. The number of anilines is 1. The van der Waals surface area contributed by atoms with Crippen LogP contribution < -0.4 is 10.2 Å². The van der Waals surface area contributed by atoms with Gasteiger partial charge in [0.2, 0.25) is 5.95 Å². The summed E-state index contributed by atoms with van der Waals surface area (Å²) in [5.74, 6) is 0.506. The Morgan fingerprint density at radius 1 is 1.16 bits per heavy atom. The van der Waals surface area contributed by atoms with Crippen molar-refractivity contribution in [3.63, 3.8) is 0 Å². The zero-order chi connectivity index (χ0) is 17.6. The molecule has 3 aromatic rings. The number of H-pyrrole nitrogens is 1. The van der Waals surface area contributed by atoms with E-state index in [-0.39, 0.29) is 5.91 Å². The van der Waals surface area contributed by atoms with Crippen LogP contribution in [0, 0.1) is 0 Å². The van der Waals surface area contributed by atoms with Gasteiger partial charge in [0.15, 0.2) is 0 Å². The molecule has 0 aliphatic rings. The maximum Gasteiger partial charge on any atom is 0.254 e. The van der Waals surface area contributed by atoms with Crippen LogP contribution in [0.3, 0.4) is 0 Å². The number of aromatic nitrogens is 3. The molecule has 1 amide bonds. The number of benzene rings is 1. The number of carbonyl (C=O) groups excluding carboxylic acids is 1. The van der Waals surface area contributed by atoms with E-state index in [0.717, 1.165) is 25.0 Å². The van der Waals surface area contributed by atoms with Crippen LogP contribution in [-0.2, 0) is 6.42 Å². The van der Waals surface area contributed by atoms with Gasteiger partial charge in [-0.05, 0) is 31.9 Å². The standard InChI is InChI=1S/C19H23N5O/c1-3-24(4-2)19-22-12-15(13-23-19)18(25)20-10-9-14-11-21-17-8-6-5-7-16(14)17/h5-8,11-13,21H,3-4,9-10H2,1-2H3,(H,20,25). The summed E-state index contributed by atoms with van der Waals surface area (Å²) < 4.78 is 0. The van der Waals surface area contributed by atoms with Crippen molar-refractivity contribution in [2.45, 2.75) is 20.3 Å². The third-order valence-corrected chi connectivity index (χ3v) is 4.30. The first-order chi connectivity index (χ1) is 12.2. The van der Waals surface area contributed by atoms with Gasteiger partial charge in [0.1, 0.15) is 0 Å². The van der Waals surface area contributed by atoms with Crippen molar-refractivity contribution < 1.29 is 4.79 Å². The fourth-order valence-corrected chi connectivity index (χ4v) is 2.86. The van der Waals surface area contributed by atoms with Crippen molar-refractivity contribution in [3.8, 4) is 0 Å². The highest BCUT2D eigenvalue weighted by Gasteiger charge is 2.10. The molecule has 0 fully saturated rings. The molecule has 6 nitrogen and oxygen atoms in total. The summed E-state index contributed by atoms with van der Waals surface area (Å²) in [6, 6.07) is 8.16. The highest BCUT2D eigenvalue weighted by Crippen LogP contribution is 2.17. The summed E-state index contributed by atoms with van der Waals surface area (Å²) >= 11 is 0. The number of carbonyl (C=O) groups is 1. The smallest absolute Gasteiger partial charge is 0.254 e. The van der Waals surface area contributed by atoms with Crippen LogP contribution in [0.4, 0.5) is 5.95 Å². The topological polar surface area (TPSA) is 73.9 Å². The Balaban J connectivity index is 1.57. The predicted molar refractivity (Wildman–Crippen MR) is 99.9 cm³/mol. The van der Waals surface area contributed by atoms with Gasteiger partial charge in [0, 0.05) is 49.1 Å². The summed E-state index contributed by atoms with van der Waals surface area (Å²) in [5, 5.41) is 4.13. The fourth-order valence-electron chi connectivity index (χ4n) is 2.86. The SMILES string of the molecule is CCN(CC)c1ncc(C(=O)NCCc2c[nH]c3ccccc23)cn1. The molecule has 0 saturated heterocycles. The van der Waals surface area contributed by atoms with Crippen molar-refractivity contribution in [1.82, 2.24) is 20.3 Å². The predicted octanol–water partition coefficient (Wildman–Crippen LogP) is 2.78. The molecule has 0 spiro atoms. The van der Waals surface area contributed by atoms with Crippen molar-refractivity contribution in [1.29, 1.82) is 0 Å². The molecule has 0 saturated carbocycles. The lowest BCUT2D eigenvalue weighted by Gasteiger charge is -2.17. The van der Waals surface area contributed by atoms with Gasteiger partial charge in [-0.1, -0.05) is 18.2 Å². The first-order valence-electron chi connectivity index (χ1n) is 8.63. The molecule has 25 heavy (non-hydrogen) atoms. The molecule has 0 aliphatic heterocycles. The Kier molecular flexibility index (Phi) is 5.28. The third-order valence-electron chi connectivity index (χ3n) is 4.30. The number of para-hydroxylation sites is 1. The average Bonchev–Trinajstić information content (AvgIpc) is 3.06. The molecule has 0 atom stereocenters. The van der Waals surface area contributed by atoms with Gasteiger partial charge in [-0.25, -0.2) is 9.97 Å². The number of nitrogens with zero attached hydrogens (tertiary/aromatic N) is 3. The Bertz CT molecular complexity index is 836. The Hall–Kier alpha value is -2.89. The molecule has 6 heteroatoms. The van der Waals surface area contributed by atoms with Gasteiger partial charge in [0.25, 0.3) is 5.91 Å². The van der Waals surface area contributed by atoms with E-state index in [2.05, 4.69) is 40.2 Å². The number of fused-ring (bicyclic) bond motifs is 1. The van der Waals surface area contributed by atoms with E-state index in [1.807, 2.05) is 29.3 Å². The van der Waals surface area contributed by atoms with E-state index < -0.39 is 0 Å². The van der Waals surface area contributed by atoms with Gasteiger partial charge < -0.3 is 15.2 Å². The zero-order valence-corrected chi connectivity index (χ0v) is 14.6. The normalized spacial score (nSPS) is 10.8. The van der Waals surface area contributed by atoms with Crippen molar-refractivity contribution in [2.75, 3.05) is 24.5 Å². The number of amides is 1. The fraction of sp³-hybridized carbons (Fsp3) is 0.316. The second-order valence-corrected chi connectivity index (χ2v) is 5.81. The van der Waals surface area contributed by atoms with Crippen LogP contribution in [0.5, 0.6) is 0 Å². The van der Waals surface area contributed by atoms with Crippen molar-refractivity contribution >= 4 is 22.8 Å². The van der Waals surface area contributed by atoms with Crippen LogP contribution in [0.15, 0.2) is 42.9 Å². The van der Waals surface area contributed by atoms with E-state index in [1.54, 1.807) is 12.4 Å². The van der Waals surface area contributed by atoms with Gasteiger partial charge in [-0.2, -0.15) is 0 Å². The van der Waals surface area contributed by atoms with E-state index in [1.165, 1.54) is 10.9 Å². The molecule has 2 heterocycles. The minimum atomic E-state index is -0.147. The van der Waals surface area contributed by atoms with E-state index in [4.69, 9.17) is 0 Å². The second-order valence-electron chi connectivity index (χ2n) is 5.81. The van der Waals surface area contributed by atoms with E-state index in [9.17, 15) is 4.79 Å². The number of nitrogens with one attached hydrogen (secondary N) is 2. The highest BCUT2D eigenvalue weighted by molar-refractivity contribution is 5.93. The molecule has 3 rings (SSSR count). The number of rotatable bonds is 7. The van der Waals surface area contributed by atoms with Crippen LogP contribution in [0.1, 0.15) is 29.8 Å². The molecule has 2 aromatic heterocycles. The molecule has 1 aromatic carbocycles. The van der Waals surface area contributed by atoms with Gasteiger partial charge in [-0.15, -0.1) is 0 Å². The van der Waals surface area contributed by atoms with E-state index >= 15 is 0 Å². The molecule has 0 bridgehead atoms. The number of hydrogen-bond donors (Lipinski definition) is 2. The van der Waals surface area contributed by atoms with Crippen molar-refractivity contribution in [3.05, 3.63) is 54.0 Å². The van der Waals surface area contributed by atoms with Gasteiger partial charge >= 0.3 is 0 Å². The first kappa shape index (κ1) is 17.0. The summed E-state index contributed by atoms with van der Waals surface area (Å²) in [6.07, 6.45) is 5.94. The molecule has 0 radical (unpaired) electrons. The zero-order valence-electron chi connectivity index (χ0n) is 14.6. The second kappa shape index (κ2) is 7.79. The molecule has 0 aliphatic carbocycles. The first-order valence-corrected chi connectivity index (χ1v) is 8.63. The summed E-state index contributed by atoms with van der Waals surface area (Å²) in [6.45, 7) is 6.36. The number of aromatic amines is 1. The van der Waals surface area contributed by atoms with Crippen LogP contribution >= 0.6 is 0 Å². The third kappa shape index (κ3) is 3.79. The van der Waals surface area contributed by atoms with E-state index in [0.29, 0.717) is 18.1 Å². The van der Waals surface area contributed by atoms with Crippen LogP contribution in [0.2, 0.25) is 0 Å². The van der Waals surface area contributed by atoms with Gasteiger partial charge in [0.05, 0.1) is 5.56 Å². The monoisotopic (exact) mass is 337 g/mol. The molecule has 2 N–H and O–H groups in total. The Morgan fingerprint density at radius 3 is 2.60 bits per heavy atom. The highest BCUT2D eigenvalue weighted by atomic mass is 16.1. The lowest BCUT2D eigenvalue weighted by molar-refractivity contribution is 0.0953. The maximum atomic E-state index is 12.2. The molecule has 130 valence electrons. The number of hydrogen-bond acceptors (Lipinski definition) is 4. The summed E-state index contributed by atoms with van der Waals surface area (Å²) in [7, 11) is 0. The lowest BCUT2D eigenvalue weighted by Crippen LogP contribution is -2.27. The minimum absolute atomic E-state index is 0.147. The lowest BCUT2D eigenvalue weighted by atomic mass is 10.1. The minimum Gasteiger partial charge on any atom is -0.361 e. The quantitative estimate of drug-likeness (QED) is 0.695. The molecular weight excluding hydrogens is 314 g/mol. The van der Waals surface area contributed by atoms with Crippen LogP contribution in [0.25, 0.3) is 10.9 Å². The average molecular weight is 337 g/mol. The Labute approximate surface area is 147 Å². The largest absolute Gasteiger partial charge is 0.361 e. The summed E-state index contributed by atoms with van der Waals surface area (Å²) in [5.41, 5.74) is 2.79. The maximum absolute atomic E-state index is 12.2. The van der Waals surface area contributed by atoms with Gasteiger partial charge in [-0.3, -0.25) is 4.79 Å².